The number of nitrogens with one attached hydrogen (secondary N) is 1. The van der Waals surface area contributed by atoms with Crippen LogP contribution in [0.3, 0.4) is 0 Å². The Hall–Kier alpha value is -4.61. The number of hydrogen-bond acceptors (Lipinski definition) is 7. The summed E-state index contributed by atoms with van der Waals surface area (Å²) in [5.41, 5.74) is -0.431. The van der Waals surface area contributed by atoms with Crippen molar-refractivity contribution in [2.75, 3.05) is 36.4 Å². The van der Waals surface area contributed by atoms with Gasteiger partial charge in [-0.05, 0) is 57.2 Å². The number of hydrogen-bond donors (Lipinski definition) is 1. The van der Waals surface area contributed by atoms with Crippen molar-refractivity contribution < 1.29 is 22.7 Å². The second kappa shape index (κ2) is 11.1. The van der Waals surface area contributed by atoms with E-state index in [0.29, 0.717) is 42.9 Å². The smallest absolute Gasteiger partial charge is 0.410 e. The van der Waals surface area contributed by atoms with Gasteiger partial charge in [0.05, 0.1) is 12.2 Å². The van der Waals surface area contributed by atoms with Crippen LogP contribution in [-0.4, -0.2) is 57.3 Å². The molecular formula is C29H29F3N6O3. The van der Waals surface area contributed by atoms with E-state index in [4.69, 9.17) is 4.74 Å². The number of halogens is 3. The monoisotopic (exact) mass is 566 g/mol. The highest BCUT2D eigenvalue weighted by atomic mass is 19.1. The molecule has 0 bridgehead atoms. The van der Waals surface area contributed by atoms with Gasteiger partial charge < -0.3 is 19.9 Å². The van der Waals surface area contributed by atoms with Gasteiger partial charge >= 0.3 is 6.09 Å². The molecule has 0 aliphatic carbocycles. The molecule has 12 heteroatoms. The average Bonchev–Trinajstić information content (AvgIpc) is 2.91. The number of benzene rings is 2. The maximum Gasteiger partial charge on any atom is 0.410 e. The van der Waals surface area contributed by atoms with E-state index in [1.165, 1.54) is 30.5 Å². The zero-order valence-electron chi connectivity index (χ0n) is 22.8. The van der Waals surface area contributed by atoms with Crippen molar-refractivity contribution in [3.63, 3.8) is 0 Å². The molecule has 1 amide bonds. The third kappa shape index (κ3) is 6.26. The summed E-state index contributed by atoms with van der Waals surface area (Å²) in [5.74, 6) is -1.95. The number of fused-ring (bicyclic) bond motifs is 1. The van der Waals surface area contributed by atoms with Gasteiger partial charge in [-0.2, -0.15) is 4.98 Å². The maximum atomic E-state index is 15.2. The molecule has 9 nitrogen and oxygen atoms in total. The van der Waals surface area contributed by atoms with E-state index >= 15 is 4.39 Å². The molecule has 0 atom stereocenters. The van der Waals surface area contributed by atoms with Crippen molar-refractivity contribution in [3.8, 4) is 0 Å². The van der Waals surface area contributed by atoms with Gasteiger partial charge in [0.2, 0.25) is 5.95 Å². The average molecular weight is 567 g/mol. The Bertz CT molecular complexity index is 1640. The minimum atomic E-state index is -0.775. The van der Waals surface area contributed by atoms with Gasteiger partial charge in [-0.1, -0.05) is 6.07 Å². The molecular weight excluding hydrogens is 537 g/mol. The number of pyridine rings is 1. The van der Waals surface area contributed by atoms with E-state index in [1.807, 2.05) is 4.90 Å². The molecule has 5 rings (SSSR count). The van der Waals surface area contributed by atoms with Crippen molar-refractivity contribution in [2.45, 2.75) is 32.9 Å². The van der Waals surface area contributed by atoms with Gasteiger partial charge in [0.25, 0.3) is 5.56 Å². The predicted molar refractivity (Wildman–Crippen MR) is 149 cm³/mol. The third-order valence-electron chi connectivity index (χ3n) is 6.58. The maximum absolute atomic E-state index is 15.2. The lowest BCUT2D eigenvalue weighted by Gasteiger charge is -2.36. The molecule has 2 aromatic carbocycles. The summed E-state index contributed by atoms with van der Waals surface area (Å²) >= 11 is 0. The second-order valence-electron chi connectivity index (χ2n) is 10.7. The number of ether oxygens (including phenoxy) is 1. The summed E-state index contributed by atoms with van der Waals surface area (Å²) in [5, 5.41) is 3.42. The summed E-state index contributed by atoms with van der Waals surface area (Å²) in [6, 6.07) is 10.9. The fourth-order valence-electron chi connectivity index (χ4n) is 4.55. The molecule has 214 valence electrons. The molecule has 1 aliphatic rings. The van der Waals surface area contributed by atoms with Crippen LogP contribution in [0.1, 0.15) is 26.3 Å². The van der Waals surface area contributed by atoms with Crippen LogP contribution in [0.2, 0.25) is 0 Å². The molecule has 4 aromatic rings. The first-order chi connectivity index (χ1) is 19.5. The molecule has 41 heavy (non-hydrogen) atoms. The Labute approximate surface area is 234 Å². The molecule has 1 fully saturated rings. The first-order valence-electron chi connectivity index (χ1n) is 13.1. The fraction of sp³-hybridized carbons (Fsp3) is 0.310. The molecule has 3 heterocycles. The number of carbonyl (C=O) groups is 1. The first-order valence-corrected chi connectivity index (χ1v) is 13.1. The molecule has 0 unspecified atom stereocenters. The molecule has 1 aliphatic heterocycles. The zero-order chi connectivity index (χ0) is 29.3. The topological polar surface area (TPSA) is 92.6 Å². The normalized spacial score (nSPS) is 13.9. The third-order valence-corrected chi connectivity index (χ3v) is 6.58. The van der Waals surface area contributed by atoms with E-state index in [1.54, 1.807) is 37.8 Å². The molecule has 1 N–H and O–H groups in total. The lowest BCUT2D eigenvalue weighted by atomic mass is 10.2. The van der Waals surface area contributed by atoms with Gasteiger partial charge in [0.15, 0.2) is 0 Å². The van der Waals surface area contributed by atoms with Crippen LogP contribution in [0, 0.1) is 17.5 Å². The second-order valence-corrected chi connectivity index (χ2v) is 10.7. The Morgan fingerprint density at radius 1 is 0.976 bits per heavy atom. The number of anilines is 3. The quantitative estimate of drug-likeness (QED) is 0.361. The van der Waals surface area contributed by atoms with Crippen molar-refractivity contribution in [1.82, 2.24) is 19.4 Å². The fourth-order valence-corrected chi connectivity index (χ4v) is 4.55. The van der Waals surface area contributed by atoms with Crippen LogP contribution >= 0.6 is 0 Å². The zero-order valence-corrected chi connectivity index (χ0v) is 22.8. The van der Waals surface area contributed by atoms with Crippen molar-refractivity contribution in [1.29, 1.82) is 0 Å². The van der Waals surface area contributed by atoms with Gasteiger partial charge in [0, 0.05) is 55.1 Å². The van der Waals surface area contributed by atoms with Crippen molar-refractivity contribution >= 4 is 34.4 Å². The highest BCUT2D eigenvalue weighted by molar-refractivity contribution is 5.76. The minimum Gasteiger partial charge on any atom is -0.444 e. The van der Waals surface area contributed by atoms with E-state index in [2.05, 4.69) is 15.3 Å². The van der Waals surface area contributed by atoms with Crippen LogP contribution in [0.5, 0.6) is 0 Å². The standard InChI is InChI=1S/C29H29F3N6O3/c1-29(2,3)41-28(40)37-13-11-36(12-14-37)24-9-8-19(15-23(24)32)34-27-33-16-18-7-10-25(39)38(26(18)35-27)17-20-21(30)5-4-6-22(20)31/h4-10,15-16H,11-14,17H2,1-3H3,(H,33,34,35). The minimum absolute atomic E-state index is 0.0731. The summed E-state index contributed by atoms with van der Waals surface area (Å²) < 4.78 is 50.3. The van der Waals surface area contributed by atoms with E-state index < -0.39 is 34.7 Å². The van der Waals surface area contributed by atoms with Gasteiger partial charge in [-0.25, -0.2) is 22.9 Å². The lowest BCUT2D eigenvalue weighted by Crippen LogP contribution is -2.50. The number of amides is 1. The number of nitrogens with zero attached hydrogens (tertiary/aromatic N) is 5. The van der Waals surface area contributed by atoms with Gasteiger partial charge in [0.1, 0.15) is 28.7 Å². The lowest BCUT2D eigenvalue weighted by molar-refractivity contribution is 0.0240. The summed E-state index contributed by atoms with van der Waals surface area (Å²) in [4.78, 5) is 37.0. The number of carbonyl (C=O) groups excluding carboxylic acids is 1. The molecule has 2 aromatic heterocycles. The SMILES string of the molecule is CC(C)(C)OC(=O)N1CCN(c2ccc(Nc3ncc4ccc(=O)n(Cc5c(F)cccc5F)c4n3)cc2F)CC1. The van der Waals surface area contributed by atoms with Crippen molar-refractivity contribution in [3.05, 3.63) is 88.1 Å². The van der Waals surface area contributed by atoms with Crippen LogP contribution in [0.4, 0.5) is 35.3 Å². The van der Waals surface area contributed by atoms with E-state index in [9.17, 15) is 18.4 Å². The van der Waals surface area contributed by atoms with E-state index in [-0.39, 0.29) is 23.7 Å². The largest absolute Gasteiger partial charge is 0.444 e. The van der Waals surface area contributed by atoms with Gasteiger partial charge in [-0.15, -0.1) is 0 Å². The molecule has 0 spiro atoms. The first kappa shape index (κ1) is 27.9. The van der Waals surface area contributed by atoms with Crippen LogP contribution in [0.25, 0.3) is 11.0 Å². The Morgan fingerprint density at radius 2 is 1.68 bits per heavy atom. The van der Waals surface area contributed by atoms with Crippen molar-refractivity contribution in [2.24, 2.45) is 0 Å². The summed E-state index contributed by atoms with van der Waals surface area (Å²) in [7, 11) is 0. The predicted octanol–water partition coefficient (Wildman–Crippen LogP) is 5.06. The number of rotatable bonds is 5. The molecule has 0 radical (unpaired) electrons. The Kier molecular flexibility index (Phi) is 7.57. The highest BCUT2D eigenvalue weighted by Crippen LogP contribution is 2.26. The summed E-state index contributed by atoms with van der Waals surface area (Å²) in [6.45, 7) is 6.74. The Morgan fingerprint density at radius 3 is 2.34 bits per heavy atom. The molecule has 0 saturated carbocycles. The number of piperazine rings is 1. The Balaban J connectivity index is 1.32. The van der Waals surface area contributed by atoms with Crippen LogP contribution in [-0.2, 0) is 11.3 Å². The number of aromatic nitrogens is 3. The molecule has 1 saturated heterocycles. The van der Waals surface area contributed by atoms with Crippen LogP contribution < -0.4 is 15.8 Å². The van der Waals surface area contributed by atoms with Gasteiger partial charge in [-0.3, -0.25) is 9.36 Å². The van der Waals surface area contributed by atoms with E-state index in [0.717, 1.165) is 16.7 Å². The summed E-state index contributed by atoms with van der Waals surface area (Å²) in [6.07, 6.45) is 1.07. The van der Waals surface area contributed by atoms with Crippen LogP contribution in [0.15, 0.2) is 59.5 Å². The highest BCUT2D eigenvalue weighted by Gasteiger charge is 2.27.